The Morgan fingerprint density at radius 1 is 1.04 bits per heavy atom. The second-order valence-corrected chi connectivity index (χ2v) is 6.57. The number of nitrogens with one attached hydrogen (secondary N) is 1. The van der Waals surface area contributed by atoms with Crippen LogP contribution in [-0.4, -0.2) is 21.7 Å². The molecular weight excluding hydrogens is 366 g/mol. The molecule has 1 aromatic heterocycles. The molecule has 5 nitrogen and oxygen atoms in total. The van der Waals surface area contributed by atoms with Crippen molar-refractivity contribution in [3.63, 3.8) is 0 Å². The molecular formula is C18H16BrN5. The van der Waals surface area contributed by atoms with Crippen molar-refractivity contribution in [1.82, 2.24) is 15.2 Å². The van der Waals surface area contributed by atoms with E-state index in [1.165, 1.54) is 11.3 Å². The second-order valence-electron chi connectivity index (χ2n) is 5.66. The highest BCUT2D eigenvalue weighted by Gasteiger charge is 2.20. The third-order valence-electron chi connectivity index (χ3n) is 4.02. The lowest BCUT2D eigenvalue weighted by Gasteiger charge is -2.29. The zero-order valence-electron chi connectivity index (χ0n) is 13.0. The smallest absolute Gasteiger partial charge is 0.251 e. The van der Waals surface area contributed by atoms with Crippen molar-refractivity contribution in [3.05, 3.63) is 64.8 Å². The molecule has 120 valence electrons. The fraction of sp³-hybridized carbons (Fsp3) is 0.167. The molecule has 0 spiro atoms. The van der Waals surface area contributed by atoms with Crippen LogP contribution >= 0.6 is 15.9 Å². The van der Waals surface area contributed by atoms with Crippen molar-refractivity contribution in [1.29, 1.82) is 0 Å². The van der Waals surface area contributed by atoms with Crippen LogP contribution in [0.1, 0.15) is 12.0 Å². The molecule has 0 fully saturated rings. The fourth-order valence-electron chi connectivity index (χ4n) is 2.89. The number of aromatic nitrogens is 3. The zero-order valence-corrected chi connectivity index (χ0v) is 14.6. The van der Waals surface area contributed by atoms with Gasteiger partial charge in [0.25, 0.3) is 5.95 Å². The summed E-state index contributed by atoms with van der Waals surface area (Å²) in [5, 5.41) is 11.6. The topological polar surface area (TPSA) is 53.9 Å². The standard InChI is InChI=1S/C18H16BrN5/c19-14-7-9-15(10-8-14)21-17-12-20-23-18(22-17)24-11-3-5-13-4-1-2-6-16(13)24/h1-2,4,6-10,12H,3,5,11H2,(H,21,22,23). The number of benzene rings is 2. The summed E-state index contributed by atoms with van der Waals surface area (Å²) in [4.78, 5) is 6.78. The molecule has 0 saturated carbocycles. The summed E-state index contributed by atoms with van der Waals surface area (Å²) in [7, 11) is 0. The minimum absolute atomic E-state index is 0.629. The molecule has 0 aliphatic carbocycles. The van der Waals surface area contributed by atoms with Gasteiger partial charge in [0.15, 0.2) is 5.82 Å². The van der Waals surface area contributed by atoms with Crippen LogP contribution < -0.4 is 10.2 Å². The predicted octanol–water partition coefficient (Wildman–Crippen LogP) is 4.46. The molecule has 0 unspecified atom stereocenters. The maximum absolute atomic E-state index is 4.64. The Hall–Kier alpha value is -2.47. The summed E-state index contributed by atoms with van der Waals surface area (Å²) >= 11 is 3.44. The predicted molar refractivity (Wildman–Crippen MR) is 99.0 cm³/mol. The largest absolute Gasteiger partial charge is 0.339 e. The van der Waals surface area contributed by atoms with Crippen molar-refractivity contribution in [2.24, 2.45) is 0 Å². The molecule has 4 rings (SSSR count). The Morgan fingerprint density at radius 2 is 1.88 bits per heavy atom. The molecule has 0 bridgehead atoms. The third-order valence-corrected chi connectivity index (χ3v) is 4.54. The van der Waals surface area contributed by atoms with E-state index < -0.39 is 0 Å². The fourth-order valence-corrected chi connectivity index (χ4v) is 3.16. The van der Waals surface area contributed by atoms with E-state index in [9.17, 15) is 0 Å². The summed E-state index contributed by atoms with van der Waals surface area (Å²) in [5.41, 5.74) is 3.47. The minimum atomic E-state index is 0.629. The van der Waals surface area contributed by atoms with Crippen LogP contribution in [0.25, 0.3) is 0 Å². The summed E-state index contributed by atoms with van der Waals surface area (Å²) in [6.07, 6.45) is 3.82. The van der Waals surface area contributed by atoms with Crippen molar-refractivity contribution >= 4 is 39.1 Å². The van der Waals surface area contributed by atoms with Crippen LogP contribution in [0.3, 0.4) is 0 Å². The van der Waals surface area contributed by atoms with Crippen LogP contribution in [0, 0.1) is 0 Å². The van der Waals surface area contributed by atoms with Crippen LogP contribution in [0.5, 0.6) is 0 Å². The number of aryl methyl sites for hydroxylation is 1. The number of fused-ring (bicyclic) bond motifs is 1. The first-order chi connectivity index (χ1) is 11.8. The number of anilines is 4. The van der Waals surface area contributed by atoms with Crippen molar-refractivity contribution in [3.8, 4) is 0 Å². The second kappa shape index (κ2) is 6.57. The summed E-state index contributed by atoms with van der Waals surface area (Å²) in [5.74, 6) is 1.31. The van der Waals surface area contributed by atoms with Crippen LogP contribution in [-0.2, 0) is 6.42 Å². The Balaban J connectivity index is 1.62. The number of para-hydroxylation sites is 1. The lowest BCUT2D eigenvalue weighted by atomic mass is 10.0. The molecule has 6 heteroatoms. The van der Waals surface area contributed by atoms with E-state index in [0.717, 1.165) is 29.5 Å². The van der Waals surface area contributed by atoms with Gasteiger partial charge in [0.1, 0.15) is 0 Å². The molecule has 3 aromatic rings. The van der Waals surface area contributed by atoms with Gasteiger partial charge in [-0.3, -0.25) is 0 Å². The van der Waals surface area contributed by atoms with Gasteiger partial charge in [-0.2, -0.15) is 10.1 Å². The first-order valence-electron chi connectivity index (χ1n) is 7.87. The van der Waals surface area contributed by atoms with Gasteiger partial charge in [0.2, 0.25) is 0 Å². The van der Waals surface area contributed by atoms with E-state index >= 15 is 0 Å². The van der Waals surface area contributed by atoms with Crippen molar-refractivity contribution in [2.45, 2.75) is 12.8 Å². The average molecular weight is 382 g/mol. The summed E-state index contributed by atoms with van der Waals surface area (Å²) in [6.45, 7) is 0.903. The van der Waals surface area contributed by atoms with Gasteiger partial charge in [0, 0.05) is 22.4 Å². The van der Waals surface area contributed by atoms with E-state index in [4.69, 9.17) is 0 Å². The molecule has 0 saturated heterocycles. The summed E-state index contributed by atoms with van der Waals surface area (Å²) in [6, 6.07) is 16.4. The van der Waals surface area contributed by atoms with E-state index in [-0.39, 0.29) is 0 Å². The molecule has 0 atom stereocenters. The quantitative estimate of drug-likeness (QED) is 0.725. The van der Waals surface area contributed by atoms with E-state index in [1.54, 1.807) is 6.20 Å². The number of nitrogens with zero attached hydrogens (tertiary/aromatic N) is 4. The molecule has 1 aliphatic rings. The lowest BCUT2D eigenvalue weighted by Crippen LogP contribution is -2.26. The highest BCUT2D eigenvalue weighted by molar-refractivity contribution is 9.10. The summed E-state index contributed by atoms with van der Waals surface area (Å²) < 4.78 is 1.04. The number of hydrogen-bond acceptors (Lipinski definition) is 5. The highest BCUT2D eigenvalue weighted by atomic mass is 79.9. The minimum Gasteiger partial charge on any atom is -0.339 e. The molecule has 1 aliphatic heterocycles. The van der Waals surface area contributed by atoms with Gasteiger partial charge in [-0.05, 0) is 48.7 Å². The van der Waals surface area contributed by atoms with Gasteiger partial charge in [-0.15, -0.1) is 5.10 Å². The third kappa shape index (κ3) is 3.10. The molecule has 2 heterocycles. The number of rotatable bonds is 3. The molecule has 1 N–H and O–H groups in total. The zero-order chi connectivity index (χ0) is 16.4. The first kappa shape index (κ1) is 15.1. The Bertz CT molecular complexity index is 850. The maximum atomic E-state index is 4.64. The van der Waals surface area contributed by atoms with Gasteiger partial charge in [-0.25, -0.2) is 0 Å². The van der Waals surface area contributed by atoms with Crippen molar-refractivity contribution < 1.29 is 0 Å². The van der Waals surface area contributed by atoms with Gasteiger partial charge < -0.3 is 10.2 Å². The Kier molecular flexibility index (Phi) is 4.13. The highest BCUT2D eigenvalue weighted by Crippen LogP contribution is 2.31. The van der Waals surface area contributed by atoms with E-state index in [2.05, 4.69) is 65.6 Å². The molecule has 24 heavy (non-hydrogen) atoms. The lowest BCUT2D eigenvalue weighted by molar-refractivity contribution is 0.742. The maximum Gasteiger partial charge on any atom is 0.251 e. The molecule has 0 amide bonds. The normalized spacial score (nSPS) is 13.5. The van der Waals surface area contributed by atoms with E-state index in [0.29, 0.717) is 11.8 Å². The molecule has 2 aromatic carbocycles. The van der Waals surface area contributed by atoms with Crippen LogP contribution in [0.15, 0.2) is 59.2 Å². The van der Waals surface area contributed by atoms with Gasteiger partial charge >= 0.3 is 0 Å². The monoisotopic (exact) mass is 381 g/mol. The number of halogens is 1. The van der Waals surface area contributed by atoms with Gasteiger partial charge in [-0.1, -0.05) is 34.1 Å². The average Bonchev–Trinajstić information content (AvgIpc) is 2.63. The first-order valence-corrected chi connectivity index (χ1v) is 8.67. The molecule has 0 radical (unpaired) electrons. The number of hydrogen-bond donors (Lipinski definition) is 1. The van der Waals surface area contributed by atoms with Crippen LogP contribution in [0.2, 0.25) is 0 Å². The Morgan fingerprint density at radius 3 is 2.75 bits per heavy atom. The van der Waals surface area contributed by atoms with Crippen LogP contribution in [0.4, 0.5) is 23.1 Å². The van der Waals surface area contributed by atoms with Crippen molar-refractivity contribution in [2.75, 3.05) is 16.8 Å². The SMILES string of the molecule is Brc1ccc(Nc2cnnc(N3CCCc4ccccc43)n2)cc1. The Labute approximate surface area is 148 Å². The van der Waals surface area contributed by atoms with E-state index in [1.807, 2.05) is 24.3 Å². The van der Waals surface area contributed by atoms with Gasteiger partial charge in [0.05, 0.1) is 6.20 Å².